The van der Waals surface area contributed by atoms with Crippen molar-refractivity contribution in [3.63, 3.8) is 0 Å². The van der Waals surface area contributed by atoms with Crippen molar-refractivity contribution < 1.29 is 4.39 Å². The minimum absolute atomic E-state index is 0.0897. The molecule has 0 bridgehead atoms. The number of allylic oxidation sites excluding steroid dienone is 1. The van der Waals surface area contributed by atoms with Crippen LogP contribution in [0.4, 0.5) is 4.39 Å². The summed E-state index contributed by atoms with van der Waals surface area (Å²) in [6.07, 6.45) is 4.57. The lowest BCUT2D eigenvalue weighted by Gasteiger charge is -2.23. The SMILES string of the molecule is C=CCc1cc(C2CC(c3ccc(CC)c(F)c3)N(NC)C2)ccc1C. The first-order valence-electron chi connectivity index (χ1n) is 9.50. The number of aryl methyl sites for hydroxylation is 2. The first-order chi connectivity index (χ1) is 12.6. The number of nitrogens with zero attached hydrogens (tertiary/aromatic N) is 1. The predicted molar refractivity (Wildman–Crippen MR) is 107 cm³/mol. The summed E-state index contributed by atoms with van der Waals surface area (Å²) in [5.41, 5.74) is 9.16. The molecular formula is C23H29FN2. The molecule has 0 spiro atoms. The molecule has 138 valence electrons. The van der Waals surface area contributed by atoms with Crippen molar-refractivity contribution in [3.05, 3.63) is 82.7 Å². The van der Waals surface area contributed by atoms with Crippen molar-refractivity contribution >= 4 is 0 Å². The second kappa shape index (κ2) is 8.15. The molecule has 2 nitrogen and oxygen atoms in total. The van der Waals surface area contributed by atoms with E-state index < -0.39 is 0 Å². The van der Waals surface area contributed by atoms with Crippen LogP contribution in [0, 0.1) is 12.7 Å². The van der Waals surface area contributed by atoms with Gasteiger partial charge in [0.2, 0.25) is 0 Å². The fourth-order valence-electron chi connectivity index (χ4n) is 4.02. The molecule has 1 heterocycles. The summed E-state index contributed by atoms with van der Waals surface area (Å²) >= 11 is 0. The maximum atomic E-state index is 14.3. The van der Waals surface area contributed by atoms with Crippen LogP contribution >= 0.6 is 0 Å². The monoisotopic (exact) mass is 352 g/mol. The topological polar surface area (TPSA) is 15.3 Å². The van der Waals surface area contributed by atoms with Crippen LogP contribution in [-0.4, -0.2) is 18.6 Å². The van der Waals surface area contributed by atoms with Gasteiger partial charge in [-0.25, -0.2) is 9.40 Å². The van der Waals surface area contributed by atoms with Gasteiger partial charge >= 0.3 is 0 Å². The van der Waals surface area contributed by atoms with E-state index >= 15 is 0 Å². The zero-order chi connectivity index (χ0) is 18.7. The molecule has 26 heavy (non-hydrogen) atoms. The Bertz CT molecular complexity index is 784. The molecule has 3 heteroatoms. The highest BCUT2D eigenvalue weighted by molar-refractivity contribution is 5.36. The lowest BCUT2D eigenvalue weighted by atomic mass is 9.90. The van der Waals surface area contributed by atoms with Crippen LogP contribution in [0.5, 0.6) is 0 Å². The Morgan fingerprint density at radius 1 is 1.19 bits per heavy atom. The van der Waals surface area contributed by atoms with Crippen LogP contribution in [0.15, 0.2) is 49.1 Å². The Morgan fingerprint density at radius 3 is 2.62 bits per heavy atom. The Balaban J connectivity index is 1.86. The van der Waals surface area contributed by atoms with Gasteiger partial charge in [-0.15, -0.1) is 6.58 Å². The summed E-state index contributed by atoms with van der Waals surface area (Å²) in [5.74, 6) is 0.346. The third-order valence-corrected chi connectivity index (χ3v) is 5.64. The van der Waals surface area contributed by atoms with E-state index in [2.05, 4.69) is 48.2 Å². The molecule has 3 rings (SSSR count). The van der Waals surface area contributed by atoms with Crippen molar-refractivity contribution in [3.8, 4) is 0 Å². The molecule has 2 atom stereocenters. The van der Waals surface area contributed by atoms with Gasteiger partial charge in [0.1, 0.15) is 5.82 Å². The molecule has 0 radical (unpaired) electrons. The quantitative estimate of drug-likeness (QED) is 0.729. The van der Waals surface area contributed by atoms with E-state index in [0.717, 1.165) is 36.9 Å². The predicted octanol–water partition coefficient (Wildman–Crippen LogP) is 5.09. The lowest BCUT2D eigenvalue weighted by molar-refractivity contribution is 0.189. The fourth-order valence-corrected chi connectivity index (χ4v) is 4.02. The highest BCUT2D eigenvalue weighted by atomic mass is 19.1. The van der Waals surface area contributed by atoms with Crippen LogP contribution in [0.1, 0.15) is 53.1 Å². The summed E-state index contributed by atoms with van der Waals surface area (Å²) in [4.78, 5) is 0. The molecule has 0 aliphatic carbocycles. The minimum Gasteiger partial charge on any atom is -0.258 e. The summed E-state index contributed by atoms with van der Waals surface area (Å²) < 4.78 is 14.3. The van der Waals surface area contributed by atoms with Gasteiger partial charge in [-0.3, -0.25) is 5.43 Å². The maximum absolute atomic E-state index is 14.3. The molecule has 1 aliphatic heterocycles. The molecule has 0 aromatic heterocycles. The summed E-state index contributed by atoms with van der Waals surface area (Å²) in [6, 6.07) is 12.7. The van der Waals surface area contributed by atoms with Crippen molar-refractivity contribution in [2.75, 3.05) is 13.6 Å². The Morgan fingerprint density at radius 2 is 1.96 bits per heavy atom. The standard InChI is InChI=1S/C23H29FN2/c1-5-7-18-12-19(9-8-16(18)3)21-14-23(26(15-21)25-4)20-11-10-17(6-2)22(24)13-20/h5,8-13,21,23,25H,1,6-7,14-15H2,2-4H3. The van der Waals surface area contributed by atoms with Crippen molar-refractivity contribution in [1.82, 2.24) is 10.4 Å². The molecule has 1 aliphatic rings. The van der Waals surface area contributed by atoms with Gasteiger partial charge in [0.15, 0.2) is 0 Å². The molecule has 2 aromatic carbocycles. The largest absolute Gasteiger partial charge is 0.258 e. The molecular weight excluding hydrogens is 323 g/mol. The van der Waals surface area contributed by atoms with Crippen LogP contribution in [-0.2, 0) is 12.8 Å². The number of hydrogen-bond donors (Lipinski definition) is 1. The number of rotatable bonds is 6. The van der Waals surface area contributed by atoms with Gasteiger partial charge in [0, 0.05) is 12.6 Å². The summed E-state index contributed by atoms with van der Waals surface area (Å²) in [7, 11) is 1.95. The number of nitrogens with one attached hydrogen (secondary N) is 1. The van der Waals surface area contributed by atoms with E-state index in [9.17, 15) is 4.39 Å². The molecule has 2 unspecified atom stereocenters. The second-order valence-electron chi connectivity index (χ2n) is 7.21. The second-order valence-corrected chi connectivity index (χ2v) is 7.21. The minimum atomic E-state index is -0.0897. The highest BCUT2D eigenvalue weighted by Crippen LogP contribution is 2.40. The van der Waals surface area contributed by atoms with E-state index in [-0.39, 0.29) is 11.9 Å². The Kier molecular flexibility index (Phi) is 5.90. The zero-order valence-corrected chi connectivity index (χ0v) is 16.1. The normalized spacial score (nSPS) is 20.5. The molecule has 1 N–H and O–H groups in total. The van der Waals surface area contributed by atoms with Gasteiger partial charge in [-0.1, -0.05) is 43.3 Å². The molecule has 1 saturated heterocycles. The van der Waals surface area contributed by atoms with Gasteiger partial charge in [-0.2, -0.15) is 0 Å². The zero-order valence-electron chi connectivity index (χ0n) is 16.1. The van der Waals surface area contributed by atoms with Crippen LogP contribution in [0.3, 0.4) is 0 Å². The van der Waals surface area contributed by atoms with E-state index in [0.29, 0.717) is 5.92 Å². The van der Waals surface area contributed by atoms with E-state index in [1.54, 1.807) is 6.07 Å². The van der Waals surface area contributed by atoms with Gasteiger partial charge in [0.05, 0.1) is 0 Å². The molecule has 0 amide bonds. The van der Waals surface area contributed by atoms with Crippen LogP contribution in [0.2, 0.25) is 0 Å². The van der Waals surface area contributed by atoms with Gasteiger partial charge < -0.3 is 0 Å². The third-order valence-electron chi connectivity index (χ3n) is 5.64. The van der Waals surface area contributed by atoms with Crippen molar-refractivity contribution in [2.24, 2.45) is 0 Å². The third kappa shape index (κ3) is 3.74. The number of hydrogen-bond acceptors (Lipinski definition) is 2. The molecule has 0 saturated carbocycles. The molecule has 1 fully saturated rings. The van der Waals surface area contributed by atoms with Gasteiger partial charge in [-0.05, 0) is 73.0 Å². The van der Waals surface area contributed by atoms with Crippen molar-refractivity contribution in [1.29, 1.82) is 0 Å². The first-order valence-corrected chi connectivity index (χ1v) is 9.50. The maximum Gasteiger partial charge on any atom is 0.126 e. The molecule has 2 aromatic rings. The summed E-state index contributed by atoms with van der Waals surface area (Å²) in [5, 5.41) is 2.23. The number of hydrazine groups is 1. The number of benzene rings is 2. The Hall–Kier alpha value is -1.97. The van der Waals surface area contributed by atoms with E-state index in [1.165, 1.54) is 16.7 Å². The average Bonchev–Trinajstić information content (AvgIpc) is 3.08. The van der Waals surface area contributed by atoms with Crippen molar-refractivity contribution in [2.45, 2.75) is 45.1 Å². The van der Waals surface area contributed by atoms with Crippen LogP contribution < -0.4 is 5.43 Å². The summed E-state index contributed by atoms with van der Waals surface area (Å²) in [6.45, 7) is 8.93. The van der Waals surface area contributed by atoms with E-state index in [4.69, 9.17) is 0 Å². The van der Waals surface area contributed by atoms with Crippen LogP contribution in [0.25, 0.3) is 0 Å². The first kappa shape index (κ1) is 18.8. The number of halogens is 1. The Labute approximate surface area is 156 Å². The fraction of sp³-hybridized carbons (Fsp3) is 0.391. The smallest absolute Gasteiger partial charge is 0.126 e. The lowest BCUT2D eigenvalue weighted by Crippen LogP contribution is -2.34. The van der Waals surface area contributed by atoms with E-state index in [1.807, 2.05) is 26.1 Å². The van der Waals surface area contributed by atoms with Gasteiger partial charge in [0.25, 0.3) is 0 Å². The average molecular weight is 352 g/mol. The highest BCUT2D eigenvalue weighted by Gasteiger charge is 2.33.